The molecular weight excluding hydrogens is 168 g/mol. The number of rotatable bonds is 2. The third-order valence-electron chi connectivity index (χ3n) is 1.92. The third kappa shape index (κ3) is 1.87. The van der Waals surface area contributed by atoms with Gasteiger partial charge in [0, 0.05) is 0 Å². The molecule has 1 N–H and O–H groups in total. The maximum atomic E-state index is 11.2. The van der Waals surface area contributed by atoms with Crippen LogP contribution in [0.2, 0.25) is 0 Å². The Morgan fingerprint density at radius 1 is 1.54 bits per heavy atom. The van der Waals surface area contributed by atoms with Crippen LogP contribution in [0.5, 0.6) is 0 Å². The number of hydrogen-bond acceptors (Lipinski definition) is 3. The average Bonchev–Trinajstić information content (AvgIpc) is 2.17. The highest BCUT2D eigenvalue weighted by Crippen LogP contribution is 2.15. The Bertz CT molecular complexity index is 318. The number of methoxy groups -OCH3 is 1. The maximum Gasteiger partial charge on any atom is 0.338 e. The fourth-order valence-electron chi connectivity index (χ4n) is 1.12. The van der Waals surface area contributed by atoms with Crippen LogP contribution < -0.4 is 0 Å². The van der Waals surface area contributed by atoms with Crippen molar-refractivity contribution >= 4 is 5.97 Å². The van der Waals surface area contributed by atoms with Gasteiger partial charge >= 0.3 is 5.97 Å². The van der Waals surface area contributed by atoms with E-state index >= 15 is 0 Å². The lowest BCUT2D eigenvalue weighted by molar-refractivity contribution is 0.0600. The molecule has 0 aliphatic heterocycles. The van der Waals surface area contributed by atoms with Gasteiger partial charge in [-0.1, -0.05) is 12.1 Å². The summed E-state index contributed by atoms with van der Waals surface area (Å²) in [7, 11) is 1.33. The van der Waals surface area contributed by atoms with Crippen LogP contribution in [0.25, 0.3) is 0 Å². The molecule has 0 aliphatic rings. The molecule has 13 heavy (non-hydrogen) atoms. The second-order valence-corrected chi connectivity index (χ2v) is 2.64. The Morgan fingerprint density at radius 3 is 2.77 bits per heavy atom. The van der Waals surface area contributed by atoms with Crippen LogP contribution in [0.1, 0.15) is 21.5 Å². The first-order valence-corrected chi connectivity index (χ1v) is 3.86. The SMILES string of the molecule is COC(=O)c1cccc([CH]O)c1C. The number of hydrogen-bond donors (Lipinski definition) is 1. The molecule has 0 unspecified atom stereocenters. The molecule has 69 valence electrons. The predicted molar refractivity (Wildman–Crippen MR) is 47.9 cm³/mol. The standard InChI is InChI=1S/C10H11O3/c1-7-8(6-11)4-3-5-9(7)10(12)13-2/h3-6,11H,1-2H3. The van der Waals surface area contributed by atoms with E-state index in [9.17, 15) is 4.79 Å². The van der Waals surface area contributed by atoms with Gasteiger partial charge in [0.25, 0.3) is 0 Å². The lowest BCUT2D eigenvalue weighted by atomic mass is 10.0. The van der Waals surface area contributed by atoms with Crippen molar-refractivity contribution in [1.29, 1.82) is 0 Å². The van der Waals surface area contributed by atoms with Crippen LogP contribution in [0.15, 0.2) is 18.2 Å². The van der Waals surface area contributed by atoms with E-state index in [0.717, 1.165) is 12.2 Å². The topological polar surface area (TPSA) is 46.5 Å². The molecule has 0 atom stereocenters. The molecule has 0 aliphatic carbocycles. The first-order chi connectivity index (χ1) is 6.20. The summed E-state index contributed by atoms with van der Waals surface area (Å²) in [5, 5.41) is 8.82. The van der Waals surface area contributed by atoms with E-state index < -0.39 is 0 Å². The van der Waals surface area contributed by atoms with Gasteiger partial charge in [-0.05, 0) is 24.1 Å². The molecule has 3 nitrogen and oxygen atoms in total. The first kappa shape index (κ1) is 9.74. The number of aliphatic hydroxyl groups excluding tert-OH is 1. The molecule has 0 heterocycles. The van der Waals surface area contributed by atoms with Gasteiger partial charge in [-0.15, -0.1) is 0 Å². The molecular formula is C10H11O3. The smallest absolute Gasteiger partial charge is 0.338 e. The third-order valence-corrected chi connectivity index (χ3v) is 1.92. The van der Waals surface area contributed by atoms with Crippen molar-refractivity contribution in [2.24, 2.45) is 0 Å². The minimum absolute atomic E-state index is 0.388. The second kappa shape index (κ2) is 4.05. The largest absolute Gasteiger partial charge is 0.465 e. The quantitative estimate of drug-likeness (QED) is 0.702. The summed E-state index contributed by atoms with van der Waals surface area (Å²) < 4.78 is 4.58. The molecule has 0 aromatic heterocycles. The van der Waals surface area contributed by atoms with Crippen molar-refractivity contribution in [3.05, 3.63) is 41.5 Å². The van der Waals surface area contributed by atoms with Crippen LogP contribution in [-0.2, 0) is 4.74 Å². The molecule has 3 heteroatoms. The number of carbonyl (C=O) groups excluding carboxylic acids is 1. The number of ether oxygens (including phenoxy) is 1. The second-order valence-electron chi connectivity index (χ2n) is 2.64. The highest BCUT2D eigenvalue weighted by molar-refractivity contribution is 5.91. The van der Waals surface area contributed by atoms with Gasteiger partial charge in [0.1, 0.15) is 6.61 Å². The van der Waals surface area contributed by atoms with Crippen LogP contribution in [0.3, 0.4) is 0 Å². The highest BCUT2D eigenvalue weighted by Gasteiger charge is 2.10. The Kier molecular flexibility index (Phi) is 3.03. The van der Waals surface area contributed by atoms with Crippen molar-refractivity contribution < 1.29 is 14.6 Å². The van der Waals surface area contributed by atoms with Crippen molar-refractivity contribution in [2.45, 2.75) is 6.92 Å². The van der Waals surface area contributed by atoms with E-state index in [2.05, 4.69) is 4.74 Å². The molecule has 0 fully saturated rings. The zero-order valence-electron chi connectivity index (χ0n) is 7.57. The minimum atomic E-state index is -0.388. The monoisotopic (exact) mass is 179 g/mol. The normalized spacial score (nSPS) is 9.77. The predicted octanol–water partition coefficient (Wildman–Crippen LogP) is 1.66. The highest BCUT2D eigenvalue weighted by atomic mass is 16.5. The number of benzene rings is 1. The maximum absolute atomic E-state index is 11.2. The Morgan fingerprint density at radius 2 is 2.23 bits per heavy atom. The first-order valence-electron chi connectivity index (χ1n) is 3.86. The molecule has 0 bridgehead atoms. The molecule has 0 spiro atoms. The number of esters is 1. The summed E-state index contributed by atoms with van der Waals surface area (Å²) in [5.41, 5.74) is 1.82. The van der Waals surface area contributed by atoms with Crippen molar-refractivity contribution in [2.75, 3.05) is 7.11 Å². The van der Waals surface area contributed by atoms with E-state index in [1.807, 2.05) is 0 Å². The van der Waals surface area contributed by atoms with Gasteiger partial charge in [-0.3, -0.25) is 0 Å². The molecule has 1 radical (unpaired) electrons. The average molecular weight is 179 g/mol. The summed E-state index contributed by atoms with van der Waals surface area (Å²) >= 11 is 0. The Balaban J connectivity index is 3.15. The summed E-state index contributed by atoms with van der Waals surface area (Å²) in [6.45, 7) is 2.73. The molecule has 1 aromatic carbocycles. The van der Waals surface area contributed by atoms with Crippen molar-refractivity contribution in [3.63, 3.8) is 0 Å². The van der Waals surface area contributed by atoms with Crippen LogP contribution in [0.4, 0.5) is 0 Å². The van der Waals surface area contributed by atoms with E-state index in [-0.39, 0.29) is 5.97 Å². The van der Waals surface area contributed by atoms with Gasteiger partial charge in [-0.25, -0.2) is 4.79 Å². The van der Waals surface area contributed by atoms with Gasteiger partial charge in [-0.2, -0.15) is 0 Å². The zero-order chi connectivity index (χ0) is 9.84. The fraction of sp³-hybridized carbons (Fsp3) is 0.200. The molecule has 0 saturated heterocycles. The molecule has 0 amide bonds. The lowest BCUT2D eigenvalue weighted by Gasteiger charge is -2.06. The van der Waals surface area contributed by atoms with Gasteiger partial charge < -0.3 is 9.84 Å². The molecule has 0 saturated carbocycles. The lowest BCUT2D eigenvalue weighted by Crippen LogP contribution is -2.05. The van der Waals surface area contributed by atoms with E-state index in [1.54, 1.807) is 25.1 Å². The summed E-state index contributed by atoms with van der Waals surface area (Å²) in [5.74, 6) is -0.388. The van der Waals surface area contributed by atoms with Crippen LogP contribution >= 0.6 is 0 Å². The van der Waals surface area contributed by atoms with Crippen LogP contribution in [0, 0.1) is 13.5 Å². The van der Waals surface area contributed by atoms with E-state index in [4.69, 9.17) is 5.11 Å². The van der Waals surface area contributed by atoms with Gasteiger partial charge in [0.15, 0.2) is 0 Å². The van der Waals surface area contributed by atoms with Crippen molar-refractivity contribution in [3.8, 4) is 0 Å². The van der Waals surface area contributed by atoms with E-state index in [0.29, 0.717) is 11.1 Å². The van der Waals surface area contributed by atoms with Crippen LogP contribution in [-0.4, -0.2) is 18.2 Å². The molecule has 1 aromatic rings. The van der Waals surface area contributed by atoms with Gasteiger partial charge in [0.05, 0.1) is 12.7 Å². The molecule has 1 rings (SSSR count). The van der Waals surface area contributed by atoms with Crippen molar-refractivity contribution in [1.82, 2.24) is 0 Å². The summed E-state index contributed by atoms with van der Waals surface area (Å²) in [6.07, 6.45) is 0. The number of carbonyl (C=O) groups is 1. The summed E-state index contributed by atoms with van der Waals surface area (Å²) in [6, 6.07) is 5.08. The fourth-order valence-corrected chi connectivity index (χ4v) is 1.12. The zero-order valence-corrected chi connectivity index (χ0v) is 7.57. The summed E-state index contributed by atoms with van der Waals surface area (Å²) in [4.78, 5) is 11.2. The number of aliphatic hydroxyl groups is 1. The minimum Gasteiger partial charge on any atom is -0.465 e. The Labute approximate surface area is 77.0 Å². The Hall–Kier alpha value is -1.35. The van der Waals surface area contributed by atoms with Gasteiger partial charge in [0.2, 0.25) is 0 Å². The van der Waals surface area contributed by atoms with E-state index in [1.165, 1.54) is 7.11 Å².